The van der Waals surface area contributed by atoms with E-state index in [1.54, 1.807) is 11.8 Å². The highest BCUT2D eigenvalue weighted by atomic mass is 32.2. The molecule has 1 aliphatic carbocycles. The lowest BCUT2D eigenvalue weighted by molar-refractivity contribution is -0.144. The summed E-state index contributed by atoms with van der Waals surface area (Å²) in [4.78, 5) is 29.2. The molecule has 0 N–H and O–H groups in total. The van der Waals surface area contributed by atoms with Crippen molar-refractivity contribution in [2.45, 2.75) is 56.1 Å². The molecule has 2 aliphatic heterocycles. The molecule has 4 rings (SSSR count). The van der Waals surface area contributed by atoms with Crippen LogP contribution in [0.4, 0.5) is 0 Å². The minimum atomic E-state index is -0.274. The van der Waals surface area contributed by atoms with E-state index in [4.69, 9.17) is 0 Å². The summed E-state index contributed by atoms with van der Waals surface area (Å²) in [7, 11) is 0. The largest absolute Gasteiger partial charge is 0.334 e. The summed E-state index contributed by atoms with van der Waals surface area (Å²) in [6, 6.07) is 10.2. The second-order valence-electron chi connectivity index (χ2n) is 6.95. The maximum Gasteiger partial charge on any atom is 0.246 e. The molecule has 122 valence electrons. The second-order valence-corrected chi connectivity index (χ2v) is 8.45. The minimum Gasteiger partial charge on any atom is -0.334 e. The van der Waals surface area contributed by atoms with Crippen LogP contribution in [0.5, 0.6) is 0 Å². The molecule has 3 fully saturated rings. The maximum absolute atomic E-state index is 13.2. The van der Waals surface area contributed by atoms with Gasteiger partial charge in [-0.15, -0.1) is 11.8 Å². The molecule has 0 bridgehead atoms. The molecule has 2 atom stereocenters. The van der Waals surface area contributed by atoms with Crippen LogP contribution in [-0.4, -0.2) is 44.3 Å². The predicted molar refractivity (Wildman–Crippen MR) is 90.7 cm³/mol. The molecule has 1 aromatic carbocycles. The summed E-state index contributed by atoms with van der Waals surface area (Å²) in [6.07, 6.45) is 3.62. The molecule has 5 heteroatoms. The molecular weight excluding hydrogens is 308 g/mol. The van der Waals surface area contributed by atoms with Crippen molar-refractivity contribution in [1.29, 1.82) is 0 Å². The molecule has 2 amide bonds. The molecule has 23 heavy (non-hydrogen) atoms. The summed E-state index contributed by atoms with van der Waals surface area (Å²) in [5.41, 5.74) is 1.16. The van der Waals surface area contributed by atoms with Crippen molar-refractivity contribution in [3.05, 3.63) is 35.9 Å². The first-order valence-electron chi connectivity index (χ1n) is 8.39. The number of carbonyl (C=O) groups excluding carboxylic acids is 2. The Bertz CT molecular complexity index is 631. The van der Waals surface area contributed by atoms with Crippen molar-refractivity contribution in [2.24, 2.45) is 0 Å². The Morgan fingerprint density at radius 3 is 2.78 bits per heavy atom. The Morgan fingerprint density at radius 1 is 1.35 bits per heavy atom. The number of carbonyl (C=O) groups is 2. The molecule has 0 aromatic heterocycles. The molecule has 1 saturated carbocycles. The fourth-order valence-corrected chi connectivity index (χ4v) is 5.17. The van der Waals surface area contributed by atoms with Crippen LogP contribution in [0.2, 0.25) is 0 Å². The molecular formula is C18H22N2O2S. The third kappa shape index (κ3) is 2.65. The smallest absolute Gasteiger partial charge is 0.246 e. The number of hydrogen-bond acceptors (Lipinski definition) is 3. The number of rotatable bonds is 4. The predicted octanol–water partition coefficient (Wildman–Crippen LogP) is 2.63. The molecule has 0 radical (unpaired) electrons. The molecule has 4 nitrogen and oxygen atoms in total. The first-order valence-corrected chi connectivity index (χ1v) is 9.37. The van der Waals surface area contributed by atoms with Gasteiger partial charge in [0.2, 0.25) is 11.8 Å². The first kappa shape index (κ1) is 15.1. The SMILES string of the molecule is C[C@@]12CCC(=O)N1[C@H](C(=O)N(Cc1ccccc1)C1CC1)CS2. The summed E-state index contributed by atoms with van der Waals surface area (Å²) in [5.74, 6) is 1.02. The average molecular weight is 330 g/mol. The second kappa shape index (κ2) is 5.55. The number of nitrogens with zero attached hydrogens (tertiary/aromatic N) is 2. The first-order chi connectivity index (χ1) is 11.1. The summed E-state index contributed by atoms with van der Waals surface area (Å²) < 4.78 is 0. The number of amides is 2. The quantitative estimate of drug-likeness (QED) is 0.852. The molecule has 2 heterocycles. The lowest BCUT2D eigenvalue weighted by Crippen LogP contribution is -2.51. The zero-order valence-electron chi connectivity index (χ0n) is 13.4. The van der Waals surface area contributed by atoms with Gasteiger partial charge in [0.15, 0.2) is 0 Å². The standard InChI is InChI=1S/C18H22N2O2S/c1-18-10-9-16(21)20(18)15(12-23-18)17(22)19(14-7-8-14)11-13-5-3-2-4-6-13/h2-6,14-15H,7-12H2,1H3/t15-,18+/m0/s1. The van der Waals surface area contributed by atoms with Gasteiger partial charge in [-0.05, 0) is 31.7 Å². The third-order valence-electron chi connectivity index (χ3n) is 5.20. The van der Waals surface area contributed by atoms with E-state index >= 15 is 0 Å². The van der Waals surface area contributed by atoms with Gasteiger partial charge in [0.1, 0.15) is 6.04 Å². The normalized spacial score (nSPS) is 29.7. The molecule has 0 unspecified atom stereocenters. The summed E-state index contributed by atoms with van der Waals surface area (Å²) in [6.45, 7) is 2.76. The minimum absolute atomic E-state index is 0.142. The van der Waals surface area contributed by atoms with Gasteiger partial charge in [-0.1, -0.05) is 30.3 Å². The average Bonchev–Trinajstić information content (AvgIpc) is 3.27. The number of hydrogen-bond donors (Lipinski definition) is 0. The molecule has 2 saturated heterocycles. The van der Waals surface area contributed by atoms with E-state index in [1.807, 2.05) is 28.0 Å². The lowest BCUT2D eigenvalue weighted by Gasteiger charge is -2.33. The fraction of sp³-hybridized carbons (Fsp3) is 0.556. The van der Waals surface area contributed by atoms with Crippen molar-refractivity contribution in [3.63, 3.8) is 0 Å². The van der Waals surface area contributed by atoms with Crippen molar-refractivity contribution >= 4 is 23.6 Å². The van der Waals surface area contributed by atoms with Crippen molar-refractivity contribution in [3.8, 4) is 0 Å². The Morgan fingerprint density at radius 2 is 2.09 bits per heavy atom. The van der Waals surface area contributed by atoms with Crippen LogP contribution in [0.1, 0.15) is 38.2 Å². The zero-order chi connectivity index (χ0) is 16.0. The monoisotopic (exact) mass is 330 g/mol. The van der Waals surface area contributed by atoms with Gasteiger partial charge in [-0.2, -0.15) is 0 Å². The van der Waals surface area contributed by atoms with Gasteiger partial charge in [-0.25, -0.2) is 0 Å². The molecule has 1 aromatic rings. The van der Waals surface area contributed by atoms with Gasteiger partial charge in [-0.3, -0.25) is 9.59 Å². The highest BCUT2D eigenvalue weighted by molar-refractivity contribution is 8.01. The van der Waals surface area contributed by atoms with Gasteiger partial charge in [0, 0.05) is 24.8 Å². The van der Waals surface area contributed by atoms with Crippen molar-refractivity contribution < 1.29 is 9.59 Å². The van der Waals surface area contributed by atoms with Crippen LogP contribution in [0.3, 0.4) is 0 Å². The van der Waals surface area contributed by atoms with Crippen LogP contribution in [0.15, 0.2) is 30.3 Å². The number of thioether (sulfide) groups is 1. The van der Waals surface area contributed by atoms with E-state index in [-0.39, 0.29) is 22.7 Å². The van der Waals surface area contributed by atoms with E-state index in [1.165, 1.54) is 0 Å². The zero-order valence-corrected chi connectivity index (χ0v) is 14.2. The highest BCUT2D eigenvalue weighted by Gasteiger charge is 2.54. The van der Waals surface area contributed by atoms with E-state index in [2.05, 4.69) is 19.1 Å². The Balaban J connectivity index is 1.55. The fourth-order valence-electron chi connectivity index (χ4n) is 3.75. The van der Waals surface area contributed by atoms with Gasteiger partial charge < -0.3 is 9.80 Å². The number of benzene rings is 1. The van der Waals surface area contributed by atoms with Crippen molar-refractivity contribution in [2.75, 3.05) is 5.75 Å². The highest BCUT2D eigenvalue weighted by Crippen LogP contribution is 2.48. The van der Waals surface area contributed by atoms with E-state index < -0.39 is 0 Å². The van der Waals surface area contributed by atoms with E-state index in [0.29, 0.717) is 19.0 Å². The number of fused-ring (bicyclic) bond motifs is 1. The van der Waals surface area contributed by atoms with Crippen LogP contribution in [0.25, 0.3) is 0 Å². The maximum atomic E-state index is 13.2. The topological polar surface area (TPSA) is 40.6 Å². The lowest BCUT2D eigenvalue weighted by atomic mass is 10.1. The molecule has 3 aliphatic rings. The Labute approximate surface area is 141 Å². The van der Waals surface area contributed by atoms with Crippen LogP contribution in [-0.2, 0) is 16.1 Å². The summed E-state index contributed by atoms with van der Waals surface area (Å²) in [5, 5.41) is 0. The van der Waals surface area contributed by atoms with E-state index in [9.17, 15) is 9.59 Å². The Hall–Kier alpha value is -1.49. The van der Waals surface area contributed by atoms with Crippen LogP contribution < -0.4 is 0 Å². The van der Waals surface area contributed by atoms with Gasteiger partial charge >= 0.3 is 0 Å². The van der Waals surface area contributed by atoms with Gasteiger partial charge in [0.05, 0.1) is 4.87 Å². The third-order valence-corrected chi connectivity index (χ3v) is 6.70. The van der Waals surface area contributed by atoms with Gasteiger partial charge in [0.25, 0.3) is 0 Å². The van der Waals surface area contributed by atoms with Crippen LogP contribution >= 0.6 is 11.8 Å². The van der Waals surface area contributed by atoms with E-state index in [0.717, 1.165) is 30.6 Å². The Kier molecular flexibility index (Phi) is 3.63. The summed E-state index contributed by atoms with van der Waals surface area (Å²) >= 11 is 1.77. The van der Waals surface area contributed by atoms with Crippen molar-refractivity contribution in [1.82, 2.24) is 9.80 Å². The molecule has 0 spiro atoms. The van der Waals surface area contributed by atoms with Crippen LogP contribution in [0, 0.1) is 0 Å².